The van der Waals surface area contributed by atoms with Crippen LogP contribution in [0, 0.1) is 20.2 Å². The molecule has 0 saturated carbocycles. The lowest BCUT2D eigenvalue weighted by molar-refractivity contribution is -0.384. The average Bonchev–Trinajstić information content (AvgIpc) is 3.03. The zero-order valence-electron chi connectivity index (χ0n) is 24.6. The number of phenols is 2. The van der Waals surface area contributed by atoms with E-state index in [2.05, 4.69) is 20.5 Å². The fourth-order valence-electron chi connectivity index (χ4n) is 4.70. The second-order valence-electron chi connectivity index (χ2n) is 10.2. The zero-order chi connectivity index (χ0) is 34.1. The van der Waals surface area contributed by atoms with Crippen molar-refractivity contribution in [2.45, 2.75) is 32.1 Å². The molecule has 14 nitrogen and oxygen atoms in total. The third-order valence-corrected chi connectivity index (χ3v) is 7.42. The Morgan fingerprint density at radius 1 is 0.574 bits per heavy atom. The number of rotatable bonds is 14. The molecule has 47 heavy (non-hydrogen) atoms. The van der Waals surface area contributed by atoms with E-state index in [1.54, 1.807) is 12.1 Å². The summed E-state index contributed by atoms with van der Waals surface area (Å²) < 4.78 is 0. The van der Waals surface area contributed by atoms with Crippen LogP contribution in [0.25, 0.3) is 0 Å². The monoisotopic (exact) mass is 682 g/mol. The number of azo groups is 2. The van der Waals surface area contributed by atoms with Crippen LogP contribution in [0.4, 0.5) is 34.1 Å². The summed E-state index contributed by atoms with van der Waals surface area (Å²) in [5.41, 5.74) is 1.46. The van der Waals surface area contributed by atoms with Crippen LogP contribution in [0.15, 0.2) is 81.1 Å². The van der Waals surface area contributed by atoms with Crippen LogP contribution in [-0.2, 0) is 25.7 Å². The highest BCUT2D eigenvalue weighted by Gasteiger charge is 2.18. The van der Waals surface area contributed by atoms with Gasteiger partial charge in [-0.2, -0.15) is 0 Å². The third-order valence-electron chi connectivity index (χ3n) is 6.95. The van der Waals surface area contributed by atoms with Crippen LogP contribution >= 0.6 is 23.2 Å². The van der Waals surface area contributed by atoms with E-state index < -0.39 is 9.85 Å². The van der Waals surface area contributed by atoms with Gasteiger partial charge in [-0.15, -0.1) is 20.5 Å². The van der Waals surface area contributed by atoms with Crippen LogP contribution in [0.2, 0.25) is 10.0 Å². The Morgan fingerprint density at radius 2 is 0.957 bits per heavy atom. The summed E-state index contributed by atoms with van der Waals surface area (Å²) in [5, 5.41) is 80.3. The van der Waals surface area contributed by atoms with Crippen LogP contribution in [0.5, 0.6) is 11.5 Å². The molecule has 4 N–H and O–H groups in total. The molecule has 0 aliphatic carbocycles. The molecule has 4 rings (SSSR count). The van der Waals surface area contributed by atoms with E-state index in [9.17, 15) is 40.7 Å². The number of phenolic OH excluding ortho intramolecular Hbond substituents is 2. The van der Waals surface area contributed by atoms with Gasteiger partial charge in [0.15, 0.2) is 11.4 Å². The Balaban J connectivity index is 1.60. The van der Waals surface area contributed by atoms with Gasteiger partial charge in [0, 0.05) is 35.4 Å². The molecule has 0 bridgehead atoms. The van der Waals surface area contributed by atoms with Gasteiger partial charge in [-0.1, -0.05) is 35.3 Å². The number of hydrogen-bond donors (Lipinski definition) is 4. The summed E-state index contributed by atoms with van der Waals surface area (Å²) in [6, 6.07) is 14.3. The van der Waals surface area contributed by atoms with Gasteiger partial charge in [0.25, 0.3) is 11.4 Å². The second kappa shape index (κ2) is 16.0. The maximum atomic E-state index is 11.4. The molecule has 0 aromatic heterocycles. The first-order valence-electron chi connectivity index (χ1n) is 14.1. The van der Waals surface area contributed by atoms with Gasteiger partial charge in [0.1, 0.15) is 22.9 Å². The van der Waals surface area contributed by atoms with E-state index in [-0.39, 0.29) is 81.7 Å². The molecule has 0 spiro atoms. The van der Waals surface area contributed by atoms with Crippen molar-refractivity contribution in [1.29, 1.82) is 0 Å². The number of aryl methyl sites for hydroxylation is 2. The number of halogens is 2. The quantitative estimate of drug-likeness (QED) is 0.0574. The fraction of sp³-hybridized carbons (Fsp3) is 0.226. The molecular formula is C31H28Cl2N6O8. The van der Waals surface area contributed by atoms with E-state index in [1.807, 2.05) is 0 Å². The minimum absolute atomic E-state index is 0.0435. The van der Waals surface area contributed by atoms with Gasteiger partial charge in [0.05, 0.1) is 9.85 Å². The molecule has 4 aromatic carbocycles. The largest absolute Gasteiger partial charge is 0.505 e. The number of nitro groups is 2. The second-order valence-corrected chi connectivity index (χ2v) is 11.1. The van der Waals surface area contributed by atoms with Crippen LogP contribution in [-0.4, -0.2) is 43.5 Å². The normalized spacial score (nSPS) is 11.5. The maximum Gasteiger partial charge on any atom is 0.298 e. The number of hydrogen-bond acceptors (Lipinski definition) is 12. The highest BCUT2D eigenvalue weighted by atomic mass is 35.5. The molecule has 0 saturated heterocycles. The summed E-state index contributed by atoms with van der Waals surface area (Å²) in [7, 11) is 0. The summed E-state index contributed by atoms with van der Waals surface area (Å²) >= 11 is 11.7. The van der Waals surface area contributed by atoms with E-state index in [0.29, 0.717) is 41.5 Å². The third kappa shape index (κ3) is 9.04. The van der Waals surface area contributed by atoms with Gasteiger partial charge >= 0.3 is 0 Å². The van der Waals surface area contributed by atoms with E-state index >= 15 is 0 Å². The van der Waals surface area contributed by atoms with Crippen molar-refractivity contribution in [2.75, 3.05) is 13.2 Å². The summed E-state index contributed by atoms with van der Waals surface area (Å²) in [4.78, 5) is 21.6. The highest BCUT2D eigenvalue weighted by Crippen LogP contribution is 2.39. The Bertz CT molecular complexity index is 1740. The minimum atomic E-state index is -0.646. The first kappa shape index (κ1) is 34.8. The fourth-order valence-corrected chi connectivity index (χ4v) is 5.04. The van der Waals surface area contributed by atoms with Gasteiger partial charge < -0.3 is 20.4 Å². The smallest absolute Gasteiger partial charge is 0.298 e. The maximum absolute atomic E-state index is 11.4. The van der Waals surface area contributed by atoms with Gasteiger partial charge in [-0.05, 0) is 90.8 Å². The van der Waals surface area contributed by atoms with E-state index in [1.165, 1.54) is 36.4 Å². The first-order valence-corrected chi connectivity index (χ1v) is 14.9. The standard InChI is InChI=1S/C31H28Cl2N6O8/c32-22-4-6-24(28(16-22)38(44)45)34-36-26-14-18(8-10-40)12-20(30(26)42)2-1-3-21-13-19(9-11-41)15-27(31(21)43)37-35-25-7-5-23(33)17-29(25)39(46)47/h4-7,12-17,40-43H,1-3,8-11H2. The van der Waals surface area contributed by atoms with Crippen molar-refractivity contribution < 1.29 is 30.3 Å². The van der Waals surface area contributed by atoms with E-state index in [4.69, 9.17) is 23.2 Å². The van der Waals surface area contributed by atoms with Crippen molar-refractivity contribution in [2.24, 2.45) is 20.5 Å². The molecule has 16 heteroatoms. The van der Waals surface area contributed by atoms with Crippen LogP contribution < -0.4 is 0 Å². The van der Waals surface area contributed by atoms with Crippen molar-refractivity contribution in [3.8, 4) is 11.5 Å². The molecule has 0 aliphatic rings. The molecule has 0 unspecified atom stereocenters. The molecule has 244 valence electrons. The van der Waals surface area contributed by atoms with Crippen molar-refractivity contribution in [1.82, 2.24) is 0 Å². The lowest BCUT2D eigenvalue weighted by atomic mass is 9.97. The van der Waals surface area contributed by atoms with Gasteiger partial charge in [-0.25, -0.2) is 0 Å². The van der Waals surface area contributed by atoms with Gasteiger partial charge in [0.2, 0.25) is 0 Å². The minimum Gasteiger partial charge on any atom is -0.505 e. The molecule has 0 aliphatic heterocycles. The van der Waals surface area contributed by atoms with Crippen LogP contribution in [0.3, 0.4) is 0 Å². The number of nitrogens with zero attached hydrogens (tertiary/aromatic N) is 6. The van der Waals surface area contributed by atoms with Crippen molar-refractivity contribution in [3.05, 3.63) is 113 Å². The summed E-state index contributed by atoms with van der Waals surface area (Å²) in [6.45, 7) is -0.350. The summed E-state index contributed by atoms with van der Waals surface area (Å²) in [5.74, 6) is -0.409. The molecule has 0 amide bonds. The number of aromatic hydroxyl groups is 2. The molecule has 0 atom stereocenters. The highest BCUT2D eigenvalue weighted by molar-refractivity contribution is 6.31. The summed E-state index contributed by atoms with van der Waals surface area (Å²) in [6.07, 6.45) is 1.51. The number of benzene rings is 4. The number of nitro benzene ring substituents is 2. The molecular weight excluding hydrogens is 655 g/mol. The van der Waals surface area contributed by atoms with Crippen LogP contribution in [0.1, 0.15) is 28.7 Å². The average molecular weight is 684 g/mol. The Hall–Kier alpha value is -5.02. The number of aliphatic hydroxyl groups is 2. The Labute approximate surface area is 277 Å². The topological polar surface area (TPSA) is 217 Å². The van der Waals surface area contributed by atoms with Crippen molar-refractivity contribution >= 4 is 57.3 Å². The first-order chi connectivity index (χ1) is 22.5. The molecule has 0 radical (unpaired) electrons. The van der Waals surface area contributed by atoms with Crippen molar-refractivity contribution in [3.63, 3.8) is 0 Å². The van der Waals surface area contributed by atoms with Gasteiger partial charge in [-0.3, -0.25) is 20.2 Å². The zero-order valence-corrected chi connectivity index (χ0v) is 26.1. The molecule has 4 aromatic rings. The molecule has 0 heterocycles. The lowest BCUT2D eigenvalue weighted by Crippen LogP contribution is -1.97. The number of aliphatic hydroxyl groups excluding tert-OH is 2. The lowest BCUT2D eigenvalue weighted by Gasteiger charge is -2.12. The van der Waals surface area contributed by atoms with E-state index in [0.717, 1.165) is 12.1 Å². The Morgan fingerprint density at radius 3 is 1.32 bits per heavy atom. The predicted molar refractivity (Wildman–Crippen MR) is 174 cm³/mol. The SMILES string of the molecule is O=[N+]([O-])c1cc(Cl)ccc1N=Nc1cc(CCO)cc(CCCc2cc(CCO)cc(N=Nc3ccc(Cl)cc3[N+](=O)[O-])c2O)c1O. The predicted octanol–water partition coefficient (Wildman–Crippen LogP) is 8.30. The molecule has 0 fully saturated rings. The Kier molecular flexibility index (Phi) is 11.9.